The number of hydrogen-bond acceptors (Lipinski definition) is 6. The van der Waals surface area contributed by atoms with Gasteiger partial charge in [0.25, 0.3) is 0 Å². The lowest BCUT2D eigenvalue weighted by atomic mass is 9.88. The van der Waals surface area contributed by atoms with Gasteiger partial charge in [0, 0.05) is 25.6 Å². The number of halogens is 1. The molecule has 2 aliphatic rings. The highest BCUT2D eigenvalue weighted by atomic mass is 19.1. The van der Waals surface area contributed by atoms with Crippen LogP contribution in [0.15, 0.2) is 34.6 Å². The molecule has 2 heterocycles. The van der Waals surface area contributed by atoms with E-state index in [1.807, 2.05) is 6.92 Å². The summed E-state index contributed by atoms with van der Waals surface area (Å²) in [6, 6.07) is 2.83. The average Bonchev–Trinajstić information content (AvgIpc) is 3.01. The Morgan fingerprint density at radius 2 is 2.21 bits per heavy atom. The third-order valence-corrected chi connectivity index (χ3v) is 4.79. The fourth-order valence-electron chi connectivity index (χ4n) is 3.29. The number of nitrogens with zero attached hydrogens (tertiary/aromatic N) is 3. The van der Waals surface area contributed by atoms with Gasteiger partial charge in [-0.05, 0) is 37.3 Å². The van der Waals surface area contributed by atoms with Crippen molar-refractivity contribution >= 4 is 17.8 Å². The lowest BCUT2D eigenvalue weighted by Gasteiger charge is -2.23. The summed E-state index contributed by atoms with van der Waals surface area (Å²) in [6.07, 6.45) is 2.80. The summed E-state index contributed by atoms with van der Waals surface area (Å²) in [4.78, 5) is 37.6. The highest BCUT2D eigenvalue weighted by Gasteiger charge is 2.28. The third kappa shape index (κ3) is 4.72. The predicted octanol–water partition coefficient (Wildman–Crippen LogP) is 2.55. The zero-order chi connectivity index (χ0) is 20.3. The Hall–Kier alpha value is -2.81. The molecule has 2 N–H and O–H groups in total. The molecular formula is C19H23FN4O4. The van der Waals surface area contributed by atoms with Gasteiger partial charge in [-0.1, -0.05) is 6.92 Å². The molecule has 2 unspecified atom stereocenters. The van der Waals surface area contributed by atoms with Crippen molar-refractivity contribution < 1.29 is 23.9 Å². The molecular weight excluding hydrogens is 367 g/mol. The Morgan fingerprint density at radius 1 is 1.43 bits per heavy atom. The van der Waals surface area contributed by atoms with E-state index in [0.717, 1.165) is 12.6 Å². The number of pyridine rings is 1. The Labute approximate surface area is 162 Å². The maximum absolute atomic E-state index is 13.0. The van der Waals surface area contributed by atoms with Crippen LogP contribution in [0.4, 0.5) is 4.39 Å². The molecule has 2 atom stereocenters. The Kier molecular flexibility index (Phi) is 6.03. The normalized spacial score (nSPS) is 22.6. The number of aromatic nitrogens is 1. The maximum Gasteiger partial charge on any atom is 0.333 e. The lowest BCUT2D eigenvalue weighted by molar-refractivity contribution is -0.133. The van der Waals surface area contributed by atoms with Crippen LogP contribution in [0.1, 0.15) is 50.9 Å². The van der Waals surface area contributed by atoms with E-state index in [1.54, 1.807) is 7.05 Å². The number of rotatable bonds is 6. The van der Waals surface area contributed by atoms with Crippen molar-refractivity contribution in [3.8, 4) is 0 Å². The van der Waals surface area contributed by atoms with Crippen LogP contribution >= 0.6 is 0 Å². The number of hydroxylamine groups is 2. The second kappa shape index (κ2) is 8.47. The lowest BCUT2D eigenvalue weighted by Crippen LogP contribution is -2.29. The Bertz CT molecular complexity index is 822. The van der Waals surface area contributed by atoms with Gasteiger partial charge in [-0.3, -0.25) is 9.78 Å². The summed E-state index contributed by atoms with van der Waals surface area (Å²) >= 11 is 0. The zero-order valence-electron chi connectivity index (χ0n) is 15.8. The van der Waals surface area contributed by atoms with Crippen LogP contribution in [0.2, 0.25) is 0 Å². The third-order valence-electron chi connectivity index (χ3n) is 4.79. The second-order valence-electron chi connectivity index (χ2n) is 7.09. The molecule has 0 aromatic carbocycles. The number of carboxylic acid groups (broad SMARTS) is 1. The van der Waals surface area contributed by atoms with Crippen LogP contribution < -0.4 is 5.32 Å². The number of carbonyl (C=O) groups excluding carboxylic acids is 1. The van der Waals surface area contributed by atoms with Crippen molar-refractivity contribution in [2.24, 2.45) is 10.9 Å². The van der Waals surface area contributed by atoms with E-state index in [9.17, 15) is 19.1 Å². The molecule has 1 aliphatic carbocycles. The number of allylic oxidation sites excluding steroid dienone is 1. The highest BCUT2D eigenvalue weighted by Crippen LogP contribution is 2.28. The standard InChI is InChI=1S/C19H23FN4O4/c1-11-3-5-13(19(26)27)15(9-11)22-16(25)7-8-17-23-18(24(2)28-17)14-6-4-12(20)10-21-14/h4,6,10-11,18H,3,5,7-9H2,1-2H3,(H,22,25)(H,26,27). The van der Waals surface area contributed by atoms with Gasteiger partial charge >= 0.3 is 5.97 Å². The van der Waals surface area contributed by atoms with Crippen molar-refractivity contribution in [3.05, 3.63) is 41.1 Å². The number of hydrogen-bond donors (Lipinski definition) is 2. The van der Waals surface area contributed by atoms with Gasteiger partial charge < -0.3 is 15.3 Å². The number of carboxylic acids is 1. The molecule has 150 valence electrons. The van der Waals surface area contributed by atoms with E-state index in [-0.39, 0.29) is 24.3 Å². The average molecular weight is 390 g/mol. The van der Waals surface area contributed by atoms with E-state index >= 15 is 0 Å². The summed E-state index contributed by atoms with van der Waals surface area (Å²) in [5, 5.41) is 13.5. The van der Waals surface area contributed by atoms with Crippen molar-refractivity contribution in [1.29, 1.82) is 0 Å². The van der Waals surface area contributed by atoms with Gasteiger partial charge in [-0.25, -0.2) is 14.2 Å². The van der Waals surface area contributed by atoms with Crippen LogP contribution in [0.3, 0.4) is 0 Å². The quantitative estimate of drug-likeness (QED) is 0.774. The molecule has 1 aromatic rings. The van der Waals surface area contributed by atoms with Crippen LogP contribution in [0.5, 0.6) is 0 Å². The fourth-order valence-corrected chi connectivity index (χ4v) is 3.29. The summed E-state index contributed by atoms with van der Waals surface area (Å²) in [5.41, 5.74) is 1.31. The molecule has 1 aromatic heterocycles. The number of amides is 1. The molecule has 0 radical (unpaired) electrons. The van der Waals surface area contributed by atoms with E-state index in [2.05, 4.69) is 15.3 Å². The largest absolute Gasteiger partial charge is 0.478 e. The minimum absolute atomic E-state index is 0.112. The monoisotopic (exact) mass is 390 g/mol. The zero-order valence-corrected chi connectivity index (χ0v) is 15.8. The molecule has 0 spiro atoms. The summed E-state index contributed by atoms with van der Waals surface area (Å²) in [5.74, 6) is -0.989. The first-order valence-corrected chi connectivity index (χ1v) is 9.17. The van der Waals surface area contributed by atoms with Gasteiger partial charge in [0.1, 0.15) is 5.82 Å². The Balaban J connectivity index is 1.59. The van der Waals surface area contributed by atoms with Gasteiger partial charge in [0.05, 0.1) is 17.5 Å². The molecule has 3 rings (SSSR count). The Morgan fingerprint density at radius 3 is 2.89 bits per heavy atom. The SMILES string of the molecule is CC1CCC(C(=O)O)=C(NC(=O)CCC2=NC(c3ccc(F)cn3)N(C)O2)C1. The minimum Gasteiger partial charge on any atom is -0.478 e. The van der Waals surface area contributed by atoms with Crippen LogP contribution in [-0.2, 0) is 14.4 Å². The first-order valence-electron chi connectivity index (χ1n) is 9.17. The second-order valence-corrected chi connectivity index (χ2v) is 7.09. The van der Waals surface area contributed by atoms with E-state index in [1.165, 1.54) is 17.2 Å². The molecule has 1 amide bonds. The topological polar surface area (TPSA) is 104 Å². The van der Waals surface area contributed by atoms with Crippen LogP contribution in [0.25, 0.3) is 0 Å². The van der Waals surface area contributed by atoms with Crippen LogP contribution in [0, 0.1) is 11.7 Å². The van der Waals surface area contributed by atoms with E-state index < -0.39 is 18.0 Å². The summed E-state index contributed by atoms with van der Waals surface area (Å²) in [7, 11) is 1.68. The van der Waals surface area contributed by atoms with Gasteiger partial charge in [0.15, 0.2) is 6.17 Å². The highest BCUT2D eigenvalue weighted by molar-refractivity contribution is 5.90. The predicted molar refractivity (Wildman–Crippen MR) is 98.3 cm³/mol. The molecule has 1 aliphatic heterocycles. The molecule has 0 saturated carbocycles. The first kappa shape index (κ1) is 19.9. The van der Waals surface area contributed by atoms with Gasteiger partial charge in [0.2, 0.25) is 11.8 Å². The van der Waals surface area contributed by atoms with Gasteiger partial charge in [-0.15, -0.1) is 5.06 Å². The summed E-state index contributed by atoms with van der Waals surface area (Å²) in [6.45, 7) is 2.03. The summed E-state index contributed by atoms with van der Waals surface area (Å²) < 4.78 is 13.0. The molecule has 28 heavy (non-hydrogen) atoms. The molecule has 9 heteroatoms. The van der Waals surface area contributed by atoms with Crippen molar-refractivity contribution in [3.63, 3.8) is 0 Å². The van der Waals surface area contributed by atoms with Crippen LogP contribution in [-0.4, -0.2) is 40.0 Å². The smallest absolute Gasteiger partial charge is 0.333 e. The molecule has 0 bridgehead atoms. The first-order chi connectivity index (χ1) is 13.3. The van der Waals surface area contributed by atoms with Crippen molar-refractivity contribution in [2.45, 2.75) is 45.2 Å². The number of aliphatic imine (C=N–C) groups is 1. The van der Waals surface area contributed by atoms with Crippen molar-refractivity contribution in [1.82, 2.24) is 15.4 Å². The van der Waals surface area contributed by atoms with Crippen molar-refractivity contribution in [2.75, 3.05) is 7.05 Å². The van der Waals surface area contributed by atoms with E-state index in [4.69, 9.17) is 4.84 Å². The number of aliphatic carboxylic acids is 1. The number of carbonyl (C=O) groups is 2. The maximum atomic E-state index is 13.0. The molecule has 0 saturated heterocycles. The molecule has 8 nitrogen and oxygen atoms in total. The fraction of sp³-hybridized carbons (Fsp3) is 0.474. The molecule has 0 fully saturated rings. The number of nitrogens with one attached hydrogen (secondary N) is 1. The van der Waals surface area contributed by atoms with E-state index in [0.29, 0.717) is 36.0 Å². The minimum atomic E-state index is -0.984. The van der Waals surface area contributed by atoms with Gasteiger partial charge in [-0.2, -0.15) is 0 Å².